The highest BCUT2D eigenvalue weighted by molar-refractivity contribution is 6.00. The van der Waals surface area contributed by atoms with Gasteiger partial charge in [-0.15, -0.1) is 0 Å². The van der Waals surface area contributed by atoms with Gasteiger partial charge < -0.3 is 19.7 Å². The molecule has 31 heavy (non-hydrogen) atoms. The maximum absolute atomic E-state index is 12.2. The number of aliphatic hydroxyl groups is 1. The van der Waals surface area contributed by atoms with Crippen molar-refractivity contribution in [3.63, 3.8) is 0 Å². The van der Waals surface area contributed by atoms with Crippen molar-refractivity contribution in [2.45, 2.75) is 13.0 Å². The van der Waals surface area contributed by atoms with Gasteiger partial charge in [-0.1, -0.05) is 18.2 Å². The van der Waals surface area contributed by atoms with E-state index in [4.69, 9.17) is 4.74 Å². The number of para-hydroxylation sites is 1. The Morgan fingerprint density at radius 3 is 2.65 bits per heavy atom. The number of nitrogens with zero attached hydrogens (tertiary/aromatic N) is 3. The molecule has 0 aliphatic carbocycles. The number of fused-ring (bicyclic) bond motifs is 1. The Balaban J connectivity index is 1.85. The Kier molecular flexibility index (Phi) is 5.44. The number of pyridine rings is 2. The van der Waals surface area contributed by atoms with Crippen LogP contribution in [-0.4, -0.2) is 52.1 Å². The van der Waals surface area contributed by atoms with E-state index < -0.39 is 12.0 Å². The minimum atomic E-state index is -1.27. The lowest BCUT2D eigenvalue weighted by molar-refractivity contribution is -0.137. The number of H-pyrrole nitrogens is 1. The highest BCUT2D eigenvalue weighted by Gasteiger charge is 2.21. The molecule has 7 heteroatoms. The van der Waals surface area contributed by atoms with Gasteiger partial charge in [0.2, 0.25) is 0 Å². The number of amides is 1. The fourth-order valence-corrected chi connectivity index (χ4v) is 3.77. The Morgan fingerprint density at radius 2 is 1.90 bits per heavy atom. The van der Waals surface area contributed by atoms with Crippen LogP contribution < -0.4 is 4.74 Å². The summed E-state index contributed by atoms with van der Waals surface area (Å²) in [5.41, 5.74) is 5.84. The zero-order valence-electron chi connectivity index (χ0n) is 17.9. The number of carbonyl (C=O) groups excluding carboxylic acids is 1. The fourth-order valence-electron chi connectivity index (χ4n) is 3.77. The van der Waals surface area contributed by atoms with E-state index in [-0.39, 0.29) is 0 Å². The Morgan fingerprint density at radius 1 is 1.13 bits per heavy atom. The predicted octanol–water partition coefficient (Wildman–Crippen LogP) is 3.73. The van der Waals surface area contributed by atoms with Gasteiger partial charge in [-0.2, -0.15) is 0 Å². The first kappa shape index (κ1) is 20.6. The van der Waals surface area contributed by atoms with Gasteiger partial charge in [0.05, 0.1) is 7.11 Å². The van der Waals surface area contributed by atoms with Crippen molar-refractivity contribution in [3.8, 4) is 28.0 Å². The quantitative estimate of drug-likeness (QED) is 0.517. The molecule has 3 heterocycles. The molecule has 4 aromatic rings. The average molecular weight is 416 g/mol. The number of methoxy groups -OCH3 is 1. The first-order valence-corrected chi connectivity index (χ1v) is 9.87. The normalized spacial score (nSPS) is 12.0. The van der Waals surface area contributed by atoms with Gasteiger partial charge in [0.25, 0.3) is 5.91 Å². The van der Waals surface area contributed by atoms with Crippen LogP contribution in [0.15, 0.2) is 55.1 Å². The van der Waals surface area contributed by atoms with Crippen LogP contribution in [0.5, 0.6) is 5.75 Å². The lowest BCUT2D eigenvalue weighted by atomic mass is 9.96. The number of aryl methyl sites for hydroxylation is 1. The van der Waals surface area contributed by atoms with Crippen LogP contribution >= 0.6 is 0 Å². The number of carbonyl (C=O) groups is 1. The van der Waals surface area contributed by atoms with Crippen LogP contribution in [0.25, 0.3) is 33.3 Å². The van der Waals surface area contributed by atoms with Gasteiger partial charge in [0.1, 0.15) is 11.4 Å². The molecule has 1 amide bonds. The molecule has 1 atom stereocenters. The van der Waals surface area contributed by atoms with Crippen molar-refractivity contribution in [3.05, 3.63) is 66.2 Å². The molecule has 0 aliphatic heterocycles. The van der Waals surface area contributed by atoms with Crippen molar-refractivity contribution in [1.82, 2.24) is 19.9 Å². The second-order valence-electron chi connectivity index (χ2n) is 7.57. The zero-order valence-corrected chi connectivity index (χ0v) is 17.9. The van der Waals surface area contributed by atoms with Crippen LogP contribution in [0.4, 0.5) is 0 Å². The molecular weight excluding hydrogens is 392 g/mol. The summed E-state index contributed by atoms with van der Waals surface area (Å²) in [6, 6.07) is 9.63. The highest BCUT2D eigenvalue weighted by atomic mass is 16.5. The van der Waals surface area contributed by atoms with Crippen molar-refractivity contribution in [2.75, 3.05) is 21.2 Å². The maximum atomic E-state index is 12.2. The molecule has 0 saturated heterocycles. The minimum absolute atomic E-state index is 0.395. The first-order chi connectivity index (χ1) is 14.9. The molecule has 1 unspecified atom stereocenters. The monoisotopic (exact) mass is 416 g/mol. The van der Waals surface area contributed by atoms with Gasteiger partial charge in [-0.3, -0.25) is 9.78 Å². The van der Waals surface area contributed by atoms with Crippen LogP contribution in [0.3, 0.4) is 0 Å². The summed E-state index contributed by atoms with van der Waals surface area (Å²) >= 11 is 0. The molecule has 4 rings (SSSR count). The Hall–Kier alpha value is -3.71. The smallest absolute Gasteiger partial charge is 0.255 e. The third-order valence-electron chi connectivity index (χ3n) is 5.42. The fraction of sp³-hybridized carbons (Fsp3) is 0.208. The third kappa shape index (κ3) is 3.64. The molecule has 0 spiro atoms. The number of nitrogens with one attached hydrogen (secondary N) is 1. The highest BCUT2D eigenvalue weighted by Crippen LogP contribution is 2.38. The summed E-state index contributed by atoms with van der Waals surface area (Å²) in [6.07, 6.45) is 5.66. The van der Waals surface area contributed by atoms with Gasteiger partial charge in [-0.05, 0) is 24.6 Å². The maximum Gasteiger partial charge on any atom is 0.255 e. The number of benzene rings is 1. The van der Waals surface area contributed by atoms with Crippen LogP contribution in [-0.2, 0) is 4.79 Å². The number of aromatic amines is 1. The second kappa shape index (κ2) is 8.20. The standard InChI is InChI=1S/C24H24N4O3/c1-14-18(15-9-16(11-25-10-15)22(29)24(30)28(2)3)12-26-23-21(14)19(13-27-23)17-7-5-6-8-20(17)31-4/h5-13,22,29H,1-4H3,(H,26,27). The van der Waals surface area contributed by atoms with Crippen molar-refractivity contribution >= 4 is 16.9 Å². The lowest BCUT2D eigenvalue weighted by Crippen LogP contribution is -2.28. The van der Waals surface area contributed by atoms with Crippen molar-refractivity contribution in [2.24, 2.45) is 0 Å². The summed E-state index contributed by atoms with van der Waals surface area (Å²) in [6.45, 7) is 2.03. The number of hydrogen-bond donors (Lipinski definition) is 2. The van der Waals surface area contributed by atoms with Gasteiger partial charge in [0.15, 0.2) is 6.10 Å². The van der Waals surface area contributed by atoms with Gasteiger partial charge >= 0.3 is 0 Å². The topological polar surface area (TPSA) is 91.3 Å². The van der Waals surface area contributed by atoms with E-state index in [1.54, 1.807) is 39.7 Å². The van der Waals surface area contributed by atoms with Gasteiger partial charge in [0, 0.05) is 72.1 Å². The number of aromatic nitrogens is 3. The van der Waals surface area contributed by atoms with E-state index in [0.29, 0.717) is 5.56 Å². The number of aliphatic hydroxyl groups excluding tert-OH is 1. The molecule has 7 nitrogen and oxygen atoms in total. The van der Waals surface area contributed by atoms with E-state index >= 15 is 0 Å². The molecule has 0 bridgehead atoms. The number of rotatable bonds is 5. The van der Waals surface area contributed by atoms with Crippen molar-refractivity contribution < 1.29 is 14.6 Å². The molecule has 0 radical (unpaired) electrons. The summed E-state index contributed by atoms with van der Waals surface area (Å²) in [7, 11) is 4.87. The van der Waals surface area contributed by atoms with Crippen LogP contribution in [0.2, 0.25) is 0 Å². The average Bonchev–Trinajstić information content (AvgIpc) is 3.23. The number of ether oxygens (including phenoxy) is 1. The molecule has 0 fully saturated rings. The molecule has 3 aromatic heterocycles. The summed E-state index contributed by atoms with van der Waals surface area (Å²) in [5.74, 6) is 0.385. The van der Waals surface area contributed by atoms with E-state index in [1.807, 2.05) is 37.4 Å². The van der Waals surface area contributed by atoms with Crippen LogP contribution in [0.1, 0.15) is 17.2 Å². The predicted molar refractivity (Wildman–Crippen MR) is 120 cm³/mol. The summed E-state index contributed by atoms with van der Waals surface area (Å²) in [4.78, 5) is 25.6. The molecule has 0 aliphatic rings. The molecule has 158 valence electrons. The van der Waals surface area contributed by atoms with Crippen LogP contribution in [0, 0.1) is 6.92 Å². The summed E-state index contributed by atoms with van der Waals surface area (Å²) < 4.78 is 5.55. The molecule has 2 N–H and O–H groups in total. The number of likely N-dealkylation sites (N-methyl/N-ethyl adjacent to an activating group) is 1. The van der Waals surface area contributed by atoms with E-state index in [9.17, 15) is 9.90 Å². The minimum Gasteiger partial charge on any atom is -0.496 e. The SMILES string of the molecule is COc1ccccc1-c1c[nH]c2ncc(-c3cncc(C(O)C(=O)N(C)C)c3)c(C)c12. The third-order valence-corrected chi connectivity index (χ3v) is 5.42. The van der Waals surface area contributed by atoms with E-state index in [0.717, 1.165) is 44.6 Å². The molecule has 1 aromatic carbocycles. The Labute approximate surface area is 180 Å². The second-order valence-corrected chi connectivity index (χ2v) is 7.57. The van der Waals surface area contributed by atoms with E-state index in [1.165, 1.54) is 11.1 Å². The lowest BCUT2D eigenvalue weighted by Gasteiger charge is -2.17. The molecule has 0 saturated carbocycles. The number of hydrogen-bond acceptors (Lipinski definition) is 5. The van der Waals surface area contributed by atoms with Gasteiger partial charge in [-0.25, -0.2) is 4.98 Å². The largest absolute Gasteiger partial charge is 0.496 e. The Bertz CT molecular complexity index is 1260. The first-order valence-electron chi connectivity index (χ1n) is 9.87. The van der Waals surface area contributed by atoms with E-state index in [2.05, 4.69) is 15.0 Å². The van der Waals surface area contributed by atoms with Crippen molar-refractivity contribution in [1.29, 1.82) is 0 Å². The zero-order chi connectivity index (χ0) is 22.1. The summed E-state index contributed by atoms with van der Waals surface area (Å²) in [5, 5.41) is 11.4. The molecular formula is C24H24N4O3.